The molecule has 34 heavy (non-hydrogen) atoms. The zero-order valence-corrected chi connectivity index (χ0v) is 19.2. The number of ether oxygens (including phenoxy) is 1. The summed E-state index contributed by atoms with van der Waals surface area (Å²) in [5.74, 6) is -0.0852. The van der Waals surface area contributed by atoms with Gasteiger partial charge >= 0.3 is 0 Å². The van der Waals surface area contributed by atoms with E-state index < -0.39 is 0 Å². The number of methoxy groups -OCH3 is 1. The molecule has 0 saturated carbocycles. The largest absolute Gasteiger partial charge is 0.497 e. The standard InChI is InChI=1S/C28H29FN2O3/c1-34-26-13-7-20(8-14-26)15-16-30-27(32)24-17-23(21-5-3-2-4-6-21)18-31(19-24)28(33)22-9-11-25(29)12-10-22/h2-14,23-24H,15-19H2,1H3,(H,30,32)/t23-,24+/m0/s1. The Morgan fingerprint density at radius 2 is 1.68 bits per heavy atom. The van der Waals surface area contributed by atoms with Crippen molar-refractivity contribution < 1.29 is 18.7 Å². The summed E-state index contributed by atoms with van der Waals surface area (Å²) in [6.45, 7) is 1.38. The van der Waals surface area contributed by atoms with Crippen LogP contribution in [0.1, 0.15) is 33.8 Å². The van der Waals surface area contributed by atoms with Gasteiger partial charge in [0.25, 0.3) is 5.91 Å². The number of carbonyl (C=O) groups excluding carboxylic acids is 2. The van der Waals surface area contributed by atoms with Gasteiger partial charge in [-0.2, -0.15) is 0 Å². The van der Waals surface area contributed by atoms with Gasteiger partial charge in [0, 0.05) is 31.1 Å². The van der Waals surface area contributed by atoms with Gasteiger partial charge in [-0.3, -0.25) is 9.59 Å². The summed E-state index contributed by atoms with van der Waals surface area (Å²) >= 11 is 0. The van der Waals surface area contributed by atoms with Gasteiger partial charge in [-0.25, -0.2) is 4.39 Å². The average molecular weight is 461 g/mol. The molecule has 1 aliphatic heterocycles. The van der Waals surface area contributed by atoms with Gasteiger partial charge in [0.05, 0.1) is 13.0 Å². The van der Waals surface area contributed by atoms with Gasteiger partial charge in [0.1, 0.15) is 11.6 Å². The lowest BCUT2D eigenvalue weighted by Gasteiger charge is -2.37. The number of likely N-dealkylation sites (tertiary alicyclic amines) is 1. The molecular formula is C28H29FN2O3. The second-order valence-electron chi connectivity index (χ2n) is 8.65. The van der Waals surface area contributed by atoms with Crippen LogP contribution >= 0.6 is 0 Å². The van der Waals surface area contributed by atoms with E-state index in [1.54, 1.807) is 12.0 Å². The van der Waals surface area contributed by atoms with Crippen LogP contribution in [0.4, 0.5) is 4.39 Å². The number of nitrogens with one attached hydrogen (secondary N) is 1. The first-order chi connectivity index (χ1) is 16.5. The molecule has 1 fully saturated rings. The molecular weight excluding hydrogens is 431 g/mol. The van der Waals surface area contributed by atoms with Crippen molar-refractivity contribution in [3.8, 4) is 5.75 Å². The lowest BCUT2D eigenvalue weighted by molar-refractivity contribution is -0.126. The Labute approximate surface area is 199 Å². The van der Waals surface area contributed by atoms with E-state index in [2.05, 4.69) is 5.32 Å². The van der Waals surface area contributed by atoms with E-state index >= 15 is 0 Å². The zero-order valence-electron chi connectivity index (χ0n) is 19.2. The topological polar surface area (TPSA) is 58.6 Å². The van der Waals surface area contributed by atoms with Crippen molar-refractivity contribution >= 4 is 11.8 Å². The molecule has 1 aliphatic rings. The minimum Gasteiger partial charge on any atom is -0.497 e. The van der Waals surface area contributed by atoms with Crippen molar-refractivity contribution in [1.82, 2.24) is 10.2 Å². The van der Waals surface area contributed by atoms with Crippen molar-refractivity contribution in [2.75, 3.05) is 26.7 Å². The highest BCUT2D eigenvalue weighted by Gasteiger charge is 2.34. The molecule has 1 saturated heterocycles. The fourth-order valence-corrected chi connectivity index (χ4v) is 4.46. The van der Waals surface area contributed by atoms with Crippen LogP contribution < -0.4 is 10.1 Å². The summed E-state index contributed by atoms with van der Waals surface area (Å²) in [6.07, 6.45) is 1.38. The maximum absolute atomic E-state index is 13.3. The van der Waals surface area contributed by atoms with E-state index in [-0.39, 0.29) is 29.5 Å². The monoisotopic (exact) mass is 460 g/mol. The third-order valence-electron chi connectivity index (χ3n) is 6.34. The Hall–Kier alpha value is -3.67. The van der Waals surface area contributed by atoms with Crippen LogP contribution in [0.15, 0.2) is 78.9 Å². The number of piperidine rings is 1. The summed E-state index contributed by atoms with van der Waals surface area (Å²) in [6, 6.07) is 23.3. The number of benzene rings is 3. The fraction of sp³-hybridized carbons (Fsp3) is 0.286. The molecule has 2 amide bonds. The van der Waals surface area contributed by atoms with E-state index in [4.69, 9.17) is 4.74 Å². The van der Waals surface area contributed by atoms with Gasteiger partial charge in [-0.1, -0.05) is 42.5 Å². The molecule has 2 atom stereocenters. The van der Waals surface area contributed by atoms with Crippen LogP contribution in [0.2, 0.25) is 0 Å². The van der Waals surface area contributed by atoms with Gasteiger partial charge in [0.15, 0.2) is 0 Å². The molecule has 0 unspecified atom stereocenters. The lowest BCUT2D eigenvalue weighted by Crippen LogP contribution is -2.48. The Bertz CT molecular complexity index is 1100. The van der Waals surface area contributed by atoms with Crippen LogP contribution in [-0.4, -0.2) is 43.5 Å². The number of hydrogen-bond acceptors (Lipinski definition) is 3. The molecule has 1 heterocycles. The lowest BCUT2D eigenvalue weighted by atomic mass is 9.83. The Kier molecular flexibility index (Phi) is 7.58. The quantitative estimate of drug-likeness (QED) is 0.567. The number of halogens is 1. The summed E-state index contributed by atoms with van der Waals surface area (Å²) in [4.78, 5) is 28.0. The molecule has 1 N–H and O–H groups in total. The van der Waals surface area contributed by atoms with E-state index in [9.17, 15) is 14.0 Å². The van der Waals surface area contributed by atoms with Crippen LogP contribution in [-0.2, 0) is 11.2 Å². The minimum atomic E-state index is -0.383. The highest BCUT2D eigenvalue weighted by molar-refractivity contribution is 5.94. The van der Waals surface area contributed by atoms with Gasteiger partial charge in [-0.05, 0) is 60.4 Å². The second kappa shape index (κ2) is 11.0. The zero-order chi connectivity index (χ0) is 23.9. The number of carbonyl (C=O) groups is 2. The molecule has 3 aromatic rings. The number of rotatable bonds is 7. The number of hydrogen-bond donors (Lipinski definition) is 1. The Balaban J connectivity index is 1.44. The molecule has 0 radical (unpaired) electrons. The first-order valence-corrected chi connectivity index (χ1v) is 11.5. The number of nitrogens with zero attached hydrogens (tertiary/aromatic N) is 1. The maximum atomic E-state index is 13.3. The molecule has 0 spiro atoms. The second-order valence-corrected chi connectivity index (χ2v) is 8.65. The normalized spacial score (nSPS) is 17.8. The summed E-state index contributed by atoms with van der Waals surface area (Å²) in [5.41, 5.74) is 2.64. The highest BCUT2D eigenvalue weighted by atomic mass is 19.1. The molecule has 176 valence electrons. The predicted molar refractivity (Wildman–Crippen MR) is 129 cm³/mol. The first kappa shape index (κ1) is 23.5. The van der Waals surface area contributed by atoms with Crippen molar-refractivity contribution in [3.05, 3.63) is 101 Å². The maximum Gasteiger partial charge on any atom is 0.253 e. The average Bonchev–Trinajstić information content (AvgIpc) is 2.89. The molecule has 0 aromatic heterocycles. The molecule has 0 aliphatic carbocycles. The first-order valence-electron chi connectivity index (χ1n) is 11.5. The van der Waals surface area contributed by atoms with Crippen LogP contribution in [0.5, 0.6) is 5.75 Å². The van der Waals surface area contributed by atoms with Crippen LogP contribution in [0.3, 0.4) is 0 Å². The summed E-state index contributed by atoms with van der Waals surface area (Å²) in [5, 5.41) is 3.05. The third-order valence-corrected chi connectivity index (χ3v) is 6.34. The van der Waals surface area contributed by atoms with E-state index in [1.165, 1.54) is 24.3 Å². The van der Waals surface area contributed by atoms with E-state index in [1.807, 2.05) is 54.6 Å². The van der Waals surface area contributed by atoms with E-state index in [0.29, 0.717) is 38.0 Å². The van der Waals surface area contributed by atoms with Crippen molar-refractivity contribution in [1.29, 1.82) is 0 Å². The van der Waals surface area contributed by atoms with Crippen LogP contribution in [0.25, 0.3) is 0 Å². The molecule has 5 nitrogen and oxygen atoms in total. The summed E-state index contributed by atoms with van der Waals surface area (Å²) in [7, 11) is 1.63. The molecule has 4 rings (SSSR count). The van der Waals surface area contributed by atoms with E-state index in [0.717, 1.165) is 16.9 Å². The molecule has 3 aromatic carbocycles. The summed E-state index contributed by atoms with van der Waals surface area (Å²) < 4.78 is 18.5. The van der Waals surface area contributed by atoms with Crippen molar-refractivity contribution in [2.24, 2.45) is 5.92 Å². The minimum absolute atomic E-state index is 0.0500. The van der Waals surface area contributed by atoms with Crippen molar-refractivity contribution in [3.63, 3.8) is 0 Å². The van der Waals surface area contributed by atoms with Crippen molar-refractivity contribution in [2.45, 2.75) is 18.8 Å². The van der Waals surface area contributed by atoms with Crippen LogP contribution in [0, 0.1) is 11.7 Å². The number of amides is 2. The highest BCUT2D eigenvalue weighted by Crippen LogP contribution is 2.31. The van der Waals surface area contributed by atoms with Gasteiger partial charge < -0.3 is 15.0 Å². The molecule has 0 bridgehead atoms. The fourth-order valence-electron chi connectivity index (χ4n) is 4.46. The van der Waals surface area contributed by atoms with Gasteiger partial charge in [-0.15, -0.1) is 0 Å². The Morgan fingerprint density at radius 3 is 2.35 bits per heavy atom. The molecule has 6 heteroatoms. The smallest absolute Gasteiger partial charge is 0.253 e. The predicted octanol–water partition coefficient (Wildman–Crippen LogP) is 4.44. The SMILES string of the molecule is COc1ccc(CCNC(=O)[C@@H]2C[C@H](c3ccccc3)CN(C(=O)c3ccc(F)cc3)C2)cc1. The third kappa shape index (κ3) is 5.81. The van der Waals surface area contributed by atoms with Gasteiger partial charge in [0.2, 0.25) is 5.91 Å². The Morgan fingerprint density at radius 1 is 0.971 bits per heavy atom.